The lowest BCUT2D eigenvalue weighted by molar-refractivity contribution is 0.110. The summed E-state index contributed by atoms with van der Waals surface area (Å²) in [5.41, 5.74) is 0.832. The number of hydrogen-bond acceptors (Lipinski definition) is 5. The molecule has 1 aliphatic heterocycles. The number of nitrogens with zero attached hydrogens (tertiary/aromatic N) is 2. The highest BCUT2D eigenvalue weighted by Gasteiger charge is 2.18. The Hall–Kier alpha value is -2.11. The van der Waals surface area contributed by atoms with Gasteiger partial charge in [0.05, 0.1) is 13.7 Å². The lowest BCUT2D eigenvalue weighted by atomic mass is 10.1. The van der Waals surface area contributed by atoms with Crippen LogP contribution in [0.5, 0.6) is 11.6 Å². The molecule has 5 nitrogen and oxygen atoms in total. The summed E-state index contributed by atoms with van der Waals surface area (Å²) in [6.45, 7) is 8.36. The fourth-order valence-electron chi connectivity index (χ4n) is 3.26. The summed E-state index contributed by atoms with van der Waals surface area (Å²) in [5.74, 6) is 1.40. The highest BCUT2D eigenvalue weighted by molar-refractivity contribution is 5.84. The van der Waals surface area contributed by atoms with Gasteiger partial charge >= 0.3 is 0 Å². The Labute approximate surface area is 155 Å². The van der Waals surface area contributed by atoms with Crippen LogP contribution in [0.3, 0.4) is 0 Å². The fraction of sp³-hybridized carbons (Fsp3) is 0.476. The molecule has 1 aromatic carbocycles. The monoisotopic (exact) mass is 356 g/mol. The molecule has 1 aliphatic rings. The minimum atomic E-state index is 0.0748. The highest BCUT2D eigenvalue weighted by atomic mass is 16.5. The van der Waals surface area contributed by atoms with Crippen LogP contribution in [-0.4, -0.2) is 55.9 Å². The minimum absolute atomic E-state index is 0.0748. The van der Waals surface area contributed by atoms with E-state index in [2.05, 4.69) is 16.5 Å². The molecule has 1 atom stereocenters. The average Bonchev–Trinajstić information content (AvgIpc) is 2.94. The van der Waals surface area contributed by atoms with Gasteiger partial charge in [-0.25, -0.2) is 4.98 Å². The predicted octanol–water partition coefficient (Wildman–Crippen LogP) is 3.68. The Morgan fingerprint density at radius 3 is 3.04 bits per heavy atom. The van der Waals surface area contributed by atoms with E-state index in [9.17, 15) is 0 Å². The van der Waals surface area contributed by atoms with Gasteiger partial charge in [0.25, 0.3) is 0 Å². The van der Waals surface area contributed by atoms with E-state index in [-0.39, 0.29) is 6.10 Å². The SMILES string of the molecule is C=CCC[C@H](CN1CCCOCC1)Oc1ccc2cccc(OC)c2n1. The van der Waals surface area contributed by atoms with Crippen LogP contribution in [0.15, 0.2) is 43.0 Å². The topological polar surface area (TPSA) is 43.8 Å². The van der Waals surface area contributed by atoms with E-state index in [1.807, 2.05) is 36.4 Å². The van der Waals surface area contributed by atoms with Crippen molar-refractivity contribution in [2.45, 2.75) is 25.4 Å². The van der Waals surface area contributed by atoms with Gasteiger partial charge < -0.3 is 14.2 Å². The zero-order valence-corrected chi connectivity index (χ0v) is 15.5. The molecule has 3 rings (SSSR count). The largest absolute Gasteiger partial charge is 0.494 e. The molecule has 140 valence electrons. The van der Waals surface area contributed by atoms with Crippen molar-refractivity contribution >= 4 is 10.9 Å². The van der Waals surface area contributed by atoms with Gasteiger partial charge in [-0.15, -0.1) is 6.58 Å². The number of pyridine rings is 1. The Bertz CT molecular complexity index is 711. The third kappa shape index (κ3) is 4.96. The van der Waals surface area contributed by atoms with Gasteiger partial charge in [0.2, 0.25) is 5.88 Å². The van der Waals surface area contributed by atoms with Crippen LogP contribution in [0.1, 0.15) is 19.3 Å². The summed E-state index contributed by atoms with van der Waals surface area (Å²) in [5, 5.41) is 1.05. The summed E-state index contributed by atoms with van der Waals surface area (Å²) in [6.07, 6.45) is 4.93. The van der Waals surface area contributed by atoms with Crippen molar-refractivity contribution in [1.29, 1.82) is 0 Å². The Morgan fingerprint density at radius 1 is 1.27 bits per heavy atom. The Morgan fingerprint density at radius 2 is 2.19 bits per heavy atom. The number of fused-ring (bicyclic) bond motifs is 1. The van der Waals surface area contributed by atoms with E-state index in [1.54, 1.807) is 7.11 Å². The van der Waals surface area contributed by atoms with Crippen molar-refractivity contribution in [3.05, 3.63) is 43.0 Å². The molecule has 1 aromatic heterocycles. The first-order valence-electron chi connectivity index (χ1n) is 9.31. The van der Waals surface area contributed by atoms with Gasteiger partial charge in [-0.1, -0.05) is 18.2 Å². The molecule has 26 heavy (non-hydrogen) atoms. The number of aromatic nitrogens is 1. The molecule has 0 spiro atoms. The summed E-state index contributed by atoms with van der Waals surface area (Å²) in [4.78, 5) is 7.11. The molecule has 5 heteroatoms. The molecular formula is C21H28N2O3. The van der Waals surface area contributed by atoms with Gasteiger partial charge in [0.1, 0.15) is 17.4 Å². The summed E-state index contributed by atoms with van der Waals surface area (Å²) in [6, 6.07) is 9.89. The number of rotatable bonds is 8. The summed E-state index contributed by atoms with van der Waals surface area (Å²) in [7, 11) is 1.66. The third-order valence-corrected chi connectivity index (χ3v) is 4.63. The molecule has 0 radical (unpaired) electrons. The first-order chi connectivity index (χ1) is 12.8. The molecule has 1 saturated heterocycles. The summed E-state index contributed by atoms with van der Waals surface area (Å²) >= 11 is 0. The fourth-order valence-corrected chi connectivity index (χ4v) is 3.26. The molecular weight excluding hydrogens is 328 g/mol. The maximum atomic E-state index is 6.27. The first-order valence-corrected chi connectivity index (χ1v) is 9.31. The molecule has 2 heterocycles. The van der Waals surface area contributed by atoms with Crippen LogP contribution in [0.4, 0.5) is 0 Å². The third-order valence-electron chi connectivity index (χ3n) is 4.63. The number of allylic oxidation sites excluding steroid dienone is 1. The van der Waals surface area contributed by atoms with Crippen molar-refractivity contribution in [1.82, 2.24) is 9.88 Å². The molecule has 0 amide bonds. The molecule has 2 aromatic rings. The zero-order valence-electron chi connectivity index (χ0n) is 15.5. The average molecular weight is 356 g/mol. The maximum Gasteiger partial charge on any atom is 0.214 e. The smallest absolute Gasteiger partial charge is 0.214 e. The number of para-hydroxylation sites is 1. The number of hydrogen-bond donors (Lipinski definition) is 0. The second kappa shape index (κ2) is 9.55. The second-order valence-corrected chi connectivity index (χ2v) is 6.55. The zero-order chi connectivity index (χ0) is 18.2. The van der Waals surface area contributed by atoms with Crippen LogP contribution in [0, 0.1) is 0 Å². The van der Waals surface area contributed by atoms with Crippen LogP contribution >= 0.6 is 0 Å². The van der Waals surface area contributed by atoms with E-state index in [0.29, 0.717) is 5.88 Å². The normalized spacial score (nSPS) is 16.8. The second-order valence-electron chi connectivity index (χ2n) is 6.55. The molecule has 0 bridgehead atoms. The molecule has 0 saturated carbocycles. The van der Waals surface area contributed by atoms with E-state index in [4.69, 9.17) is 14.2 Å². The molecule has 0 aliphatic carbocycles. The number of methoxy groups -OCH3 is 1. The van der Waals surface area contributed by atoms with Gasteiger partial charge in [0.15, 0.2) is 0 Å². The Kier molecular flexibility index (Phi) is 6.86. The quantitative estimate of drug-likeness (QED) is 0.675. The molecule has 0 unspecified atom stereocenters. The van der Waals surface area contributed by atoms with Gasteiger partial charge in [-0.3, -0.25) is 4.90 Å². The van der Waals surface area contributed by atoms with E-state index in [1.165, 1.54) is 0 Å². The number of ether oxygens (including phenoxy) is 3. The van der Waals surface area contributed by atoms with Crippen LogP contribution in [0.25, 0.3) is 10.9 Å². The van der Waals surface area contributed by atoms with Crippen molar-refractivity contribution in [3.8, 4) is 11.6 Å². The van der Waals surface area contributed by atoms with Crippen molar-refractivity contribution in [2.24, 2.45) is 0 Å². The first kappa shape index (κ1) is 18.7. The predicted molar refractivity (Wildman–Crippen MR) is 104 cm³/mol. The maximum absolute atomic E-state index is 6.27. The highest BCUT2D eigenvalue weighted by Crippen LogP contribution is 2.26. The van der Waals surface area contributed by atoms with Gasteiger partial charge in [0, 0.05) is 37.7 Å². The van der Waals surface area contributed by atoms with Crippen LogP contribution in [-0.2, 0) is 4.74 Å². The lowest BCUT2D eigenvalue weighted by Crippen LogP contribution is -2.37. The standard InChI is InChI=1S/C21H28N2O3/c1-3-4-8-18(16-23-12-6-14-25-15-13-23)26-20-11-10-17-7-5-9-19(24-2)21(17)22-20/h3,5,7,9-11,18H,1,4,6,8,12-16H2,2H3/t18-/m1/s1. The van der Waals surface area contributed by atoms with E-state index in [0.717, 1.165) is 68.8 Å². The molecule has 0 N–H and O–H groups in total. The van der Waals surface area contributed by atoms with Crippen LogP contribution in [0.2, 0.25) is 0 Å². The summed E-state index contributed by atoms with van der Waals surface area (Å²) < 4.78 is 17.3. The van der Waals surface area contributed by atoms with Gasteiger partial charge in [-0.2, -0.15) is 0 Å². The Balaban J connectivity index is 1.74. The lowest BCUT2D eigenvalue weighted by Gasteiger charge is -2.26. The van der Waals surface area contributed by atoms with Gasteiger partial charge in [-0.05, 0) is 31.4 Å². The van der Waals surface area contributed by atoms with E-state index >= 15 is 0 Å². The minimum Gasteiger partial charge on any atom is -0.494 e. The van der Waals surface area contributed by atoms with Crippen LogP contribution < -0.4 is 9.47 Å². The van der Waals surface area contributed by atoms with Crippen molar-refractivity contribution in [3.63, 3.8) is 0 Å². The van der Waals surface area contributed by atoms with Crippen molar-refractivity contribution in [2.75, 3.05) is 40.0 Å². The van der Waals surface area contributed by atoms with E-state index < -0.39 is 0 Å². The van der Waals surface area contributed by atoms with Crippen molar-refractivity contribution < 1.29 is 14.2 Å². The number of benzene rings is 1. The molecule has 1 fully saturated rings.